The molecule has 0 saturated carbocycles. The quantitative estimate of drug-likeness (QED) is 0.789. The lowest BCUT2D eigenvalue weighted by molar-refractivity contribution is 0.0857. The van der Waals surface area contributed by atoms with Crippen molar-refractivity contribution < 1.29 is 9.59 Å². The van der Waals surface area contributed by atoms with E-state index in [2.05, 4.69) is 5.32 Å². The molecular weight excluding hydrogens is 280 g/mol. The van der Waals surface area contributed by atoms with Crippen molar-refractivity contribution in [1.82, 2.24) is 14.6 Å². The SMILES string of the molecule is N#Cc1ccc(C(=O)N(Cl)C(=O)N2CCNCC2)cc1. The van der Waals surface area contributed by atoms with Crippen molar-refractivity contribution in [3.63, 3.8) is 0 Å². The minimum atomic E-state index is -0.598. The van der Waals surface area contributed by atoms with Gasteiger partial charge in [0.2, 0.25) is 0 Å². The fourth-order valence-electron chi connectivity index (χ4n) is 1.87. The van der Waals surface area contributed by atoms with Crippen LogP contribution in [0.25, 0.3) is 0 Å². The molecule has 1 heterocycles. The number of amides is 3. The summed E-state index contributed by atoms with van der Waals surface area (Å²) in [5.41, 5.74) is 0.707. The number of urea groups is 1. The van der Waals surface area contributed by atoms with Crippen molar-refractivity contribution in [3.8, 4) is 6.07 Å². The minimum absolute atomic E-state index is 0.266. The number of nitrogens with one attached hydrogen (secondary N) is 1. The van der Waals surface area contributed by atoms with Crippen LogP contribution in [-0.4, -0.2) is 47.4 Å². The van der Waals surface area contributed by atoms with Gasteiger partial charge in [-0.2, -0.15) is 9.68 Å². The molecule has 20 heavy (non-hydrogen) atoms. The summed E-state index contributed by atoms with van der Waals surface area (Å²) in [6, 6.07) is 7.39. The van der Waals surface area contributed by atoms with Gasteiger partial charge < -0.3 is 10.2 Å². The Hall–Kier alpha value is -2.10. The standard InChI is InChI=1S/C13H13ClN4O2/c14-18(13(20)17-7-5-16-6-8-17)12(19)11-3-1-10(9-15)2-4-11/h1-4,16H,5-8H2. The van der Waals surface area contributed by atoms with E-state index in [1.807, 2.05) is 6.07 Å². The zero-order valence-corrected chi connectivity index (χ0v) is 11.4. The topological polar surface area (TPSA) is 76.4 Å². The zero-order valence-electron chi connectivity index (χ0n) is 10.7. The van der Waals surface area contributed by atoms with Crippen molar-refractivity contribution in [2.45, 2.75) is 0 Å². The Morgan fingerprint density at radius 3 is 2.40 bits per heavy atom. The molecule has 1 aromatic rings. The summed E-state index contributed by atoms with van der Waals surface area (Å²) in [5, 5.41) is 11.8. The summed E-state index contributed by atoms with van der Waals surface area (Å²) in [5.74, 6) is -0.598. The predicted octanol–water partition coefficient (Wildman–Crippen LogP) is 1.18. The number of carbonyl (C=O) groups excluding carboxylic acids is 2. The summed E-state index contributed by atoms with van der Waals surface area (Å²) in [7, 11) is 0. The summed E-state index contributed by atoms with van der Waals surface area (Å²) < 4.78 is 0.590. The van der Waals surface area contributed by atoms with Crippen molar-refractivity contribution in [3.05, 3.63) is 35.4 Å². The van der Waals surface area contributed by atoms with E-state index in [1.165, 1.54) is 29.2 Å². The summed E-state index contributed by atoms with van der Waals surface area (Å²) in [6.07, 6.45) is 0. The molecule has 0 unspecified atom stereocenters. The van der Waals surface area contributed by atoms with Gasteiger partial charge in [0.15, 0.2) is 0 Å². The molecule has 1 aliphatic rings. The number of nitriles is 1. The van der Waals surface area contributed by atoms with Gasteiger partial charge in [-0.3, -0.25) is 4.79 Å². The molecule has 1 N–H and O–H groups in total. The van der Waals surface area contributed by atoms with Crippen molar-refractivity contribution in [2.75, 3.05) is 26.2 Å². The van der Waals surface area contributed by atoms with Gasteiger partial charge in [0, 0.05) is 43.5 Å². The van der Waals surface area contributed by atoms with Crippen LogP contribution in [0.1, 0.15) is 15.9 Å². The van der Waals surface area contributed by atoms with Crippen LogP contribution >= 0.6 is 11.8 Å². The normalized spacial score (nSPS) is 14.5. The average Bonchev–Trinajstić information content (AvgIpc) is 2.53. The molecule has 1 aliphatic heterocycles. The molecule has 0 radical (unpaired) electrons. The van der Waals surface area contributed by atoms with Crippen LogP contribution in [0.2, 0.25) is 0 Å². The molecule has 1 saturated heterocycles. The van der Waals surface area contributed by atoms with E-state index in [0.717, 1.165) is 0 Å². The molecule has 7 heteroatoms. The highest BCUT2D eigenvalue weighted by molar-refractivity contribution is 6.32. The summed E-state index contributed by atoms with van der Waals surface area (Å²) in [6.45, 7) is 2.40. The molecule has 2 rings (SSSR count). The predicted molar refractivity (Wildman–Crippen MR) is 73.0 cm³/mol. The lowest BCUT2D eigenvalue weighted by Crippen LogP contribution is -2.50. The Bertz CT molecular complexity index is 546. The second-order valence-electron chi connectivity index (χ2n) is 4.29. The number of nitrogens with zero attached hydrogens (tertiary/aromatic N) is 3. The molecule has 0 aliphatic carbocycles. The summed E-state index contributed by atoms with van der Waals surface area (Å²) in [4.78, 5) is 25.7. The summed E-state index contributed by atoms with van der Waals surface area (Å²) >= 11 is 5.83. The lowest BCUT2D eigenvalue weighted by atomic mass is 10.1. The lowest BCUT2D eigenvalue weighted by Gasteiger charge is -2.29. The Morgan fingerprint density at radius 2 is 1.85 bits per heavy atom. The van der Waals surface area contributed by atoms with Crippen molar-refractivity contribution in [1.29, 1.82) is 5.26 Å². The Labute approximate surface area is 121 Å². The minimum Gasteiger partial charge on any atom is -0.321 e. The van der Waals surface area contributed by atoms with Crippen LogP contribution in [0, 0.1) is 11.3 Å². The number of hydrogen-bond acceptors (Lipinski definition) is 4. The molecule has 0 bridgehead atoms. The van der Waals surface area contributed by atoms with Gasteiger partial charge in [-0.05, 0) is 24.3 Å². The van der Waals surface area contributed by atoms with Gasteiger partial charge in [0.1, 0.15) is 0 Å². The van der Waals surface area contributed by atoms with E-state index in [1.54, 1.807) is 0 Å². The monoisotopic (exact) mass is 292 g/mol. The third kappa shape index (κ3) is 3.07. The van der Waals surface area contributed by atoms with Gasteiger partial charge in [0.25, 0.3) is 5.91 Å². The zero-order chi connectivity index (χ0) is 14.5. The number of rotatable bonds is 1. The molecule has 104 valence electrons. The van der Waals surface area contributed by atoms with E-state index in [4.69, 9.17) is 17.0 Å². The fraction of sp³-hybridized carbons (Fsp3) is 0.308. The molecule has 1 aromatic carbocycles. The van der Waals surface area contributed by atoms with Crippen molar-refractivity contribution in [2.24, 2.45) is 0 Å². The Balaban J connectivity index is 2.07. The highest BCUT2D eigenvalue weighted by Crippen LogP contribution is 2.12. The van der Waals surface area contributed by atoms with Gasteiger partial charge in [-0.1, -0.05) is 0 Å². The molecular formula is C13H13ClN4O2. The van der Waals surface area contributed by atoms with Gasteiger partial charge >= 0.3 is 6.03 Å². The number of imide groups is 1. The Morgan fingerprint density at radius 1 is 1.25 bits per heavy atom. The first-order valence-electron chi connectivity index (χ1n) is 6.13. The van der Waals surface area contributed by atoms with Gasteiger partial charge in [0.05, 0.1) is 11.6 Å². The average molecular weight is 293 g/mol. The van der Waals surface area contributed by atoms with Gasteiger partial charge in [-0.25, -0.2) is 4.79 Å². The first-order chi connectivity index (χ1) is 9.63. The van der Waals surface area contributed by atoms with Gasteiger partial charge in [-0.15, -0.1) is 0 Å². The number of benzene rings is 1. The molecule has 0 aromatic heterocycles. The van der Waals surface area contributed by atoms with E-state index in [9.17, 15) is 9.59 Å². The van der Waals surface area contributed by atoms with Crippen LogP contribution in [0.5, 0.6) is 0 Å². The van der Waals surface area contributed by atoms with Crippen LogP contribution in [-0.2, 0) is 0 Å². The number of piperazine rings is 1. The third-order valence-corrected chi connectivity index (χ3v) is 3.29. The molecule has 0 atom stereocenters. The van der Waals surface area contributed by atoms with E-state index >= 15 is 0 Å². The fourth-order valence-corrected chi connectivity index (χ4v) is 2.07. The number of hydrogen-bond donors (Lipinski definition) is 1. The molecule has 0 spiro atoms. The second kappa shape index (κ2) is 6.37. The van der Waals surface area contributed by atoms with Crippen LogP contribution in [0.15, 0.2) is 24.3 Å². The number of carbonyl (C=O) groups is 2. The maximum absolute atomic E-state index is 12.1. The largest absolute Gasteiger partial charge is 0.342 e. The Kier molecular flexibility index (Phi) is 4.56. The first-order valence-corrected chi connectivity index (χ1v) is 6.47. The van der Waals surface area contributed by atoms with Crippen molar-refractivity contribution >= 4 is 23.7 Å². The molecule has 3 amide bonds. The maximum atomic E-state index is 12.1. The number of halogens is 1. The third-order valence-electron chi connectivity index (χ3n) is 2.99. The molecule has 1 fully saturated rings. The van der Waals surface area contributed by atoms with E-state index < -0.39 is 11.9 Å². The van der Waals surface area contributed by atoms with Crippen LogP contribution < -0.4 is 5.32 Å². The van der Waals surface area contributed by atoms with Crippen LogP contribution in [0.3, 0.4) is 0 Å². The van der Waals surface area contributed by atoms with E-state index in [-0.39, 0.29) is 5.56 Å². The highest BCUT2D eigenvalue weighted by atomic mass is 35.5. The van der Waals surface area contributed by atoms with E-state index in [0.29, 0.717) is 36.2 Å². The highest BCUT2D eigenvalue weighted by Gasteiger charge is 2.27. The smallest absolute Gasteiger partial charge is 0.321 e. The first kappa shape index (κ1) is 14.3. The second-order valence-corrected chi connectivity index (χ2v) is 4.63. The molecule has 6 nitrogen and oxygen atoms in total. The van der Waals surface area contributed by atoms with Crippen LogP contribution in [0.4, 0.5) is 4.79 Å². The maximum Gasteiger partial charge on any atom is 0.342 e.